The molecule has 0 unspecified atom stereocenters. The number of phenolic OH excluding ortho intramolecular Hbond substituents is 1. The SMILES string of the molecule is COc1cc(/C=N/N2CCCc3ccccc32)c(O)c([N+](=O)[O-])c1. The molecule has 0 atom stereocenters. The van der Waals surface area contributed by atoms with Gasteiger partial charge in [0.05, 0.1) is 30.0 Å². The van der Waals surface area contributed by atoms with E-state index in [0.29, 0.717) is 5.75 Å². The number of fused-ring (bicyclic) bond motifs is 1. The quantitative estimate of drug-likeness (QED) is 0.529. The Hall–Kier alpha value is -3.09. The molecule has 1 aliphatic heterocycles. The minimum absolute atomic E-state index is 0.240. The number of hydrazone groups is 1. The molecule has 2 aromatic carbocycles. The van der Waals surface area contributed by atoms with Gasteiger partial charge in [-0.2, -0.15) is 5.10 Å². The van der Waals surface area contributed by atoms with Crippen LogP contribution in [0, 0.1) is 10.1 Å². The number of nitrogens with zero attached hydrogens (tertiary/aromatic N) is 3. The molecule has 124 valence electrons. The number of para-hydroxylation sites is 1. The Balaban J connectivity index is 1.96. The summed E-state index contributed by atoms with van der Waals surface area (Å²) in [7, 11) is 1.41. The summed E-state index contributed by atoms with van der Waals surface area (Å²) in [5, 5.41) is 27.4. The van der Waals surface area contributed by atoms with Gasteiger partial charge >= 0.3 is 5.69 Å². The third-order valence-corrected chi connectivity index (χ3v) is 3.95. The molecule has 0 radical (unpaired) electrons. The van der Waals surface area contributed by atoms with Gasteiger partial charge in [0, 0.05) is 12.1 Å². The lowest BCUT2D eigenvalue weighted by Gasteiger charge is -2.26. The highest BCUT2D eigenvalue weighted by molar-refractivity contribution is 5.87. The summed E-state index contributed by atoms with van der Waals surface area (Å²) in [6.07, 6.45) is 3.39. The molecule has 0 spiro atoms. The van der Waals surface area contributed by atoms with Crippen molar-refractivity contribution >= 4 is 17.6 Å². The Bertz CT molecular complexity index is 804. The van der Waals surface area contributed by atoms with Crippen molar-refractivity contribution in [2.24, 2.45) is 5.10 Å². The predicted octanol–water partition coefficient (Wildman–Crippen LogP) is 3.10. The van der Waals surface area contributed by atoms with Crippen molar-refractivity contribution in [1.82, 2.24) is 0 Å². The standard InChI is InChI=1S/C17H17N3O4/c1-24-14-9-13(17(21)16(10-14)20(22)23)11-18-19-8-4-6-12-5-2-3-7-15(12)19/h2-3,5,7,9-11,21H,4,6,8H2,1H3/b18-11+. The maximum absolute atomic E-state index is 11.0. The summed E-state index contributed by atoms with van der Waals surface area (Å²) in [5.74, 6) is -0.130. The Morgan fingerprint density at radius 3 is 2.92 bits per heavy atom. The average Bonchev–Trinajstić information content (AvgIpc) is 2.60. The maximum atomic E-state index is 11.0. The molecule has 7 heteroatoms. The first-order valence-corrected chi connectivity index (χ1v) is 7.55. The maximum Gasteiger partial charge on any atom is 0.315 e. The van der Waals surface area contributed by atoms with E-state index in [-0.39, 0.29) is 5.56 Å². The van der Waals surface area contributed by atoms with Crippen molar-refractivity contribution in [3.05, 3.63) is 57.6 Å². The molecule has 0 aliphatic carbocycles. The first-order chi connectivity index (χ1) is 11.6. The van der Waals surface area contributed by atoms with Gasteiger partial charge in [0.2, 0.25) is 5.75 Å². The second-order valence-corrected chi connectivity index (χ2v) is 5.44. The zero-order valence-corrected chi connectivity index (χ0v) is 13.2. The summed E-state index contributed by atoms with van der Waals surface area (Å²) >= 11 is 0. The van der Waals surface area contributed by atoms with Crippen LogP contribution in [0.25, 0.3) is 0 Å². The van der Waals surface area contributed by atoms with Crippen molar-refractivity contribution in [3.8, 4) is 11.5 Å². The molecule has 24 heavy (non-hydrogen) atoms. The van der Waals surface area contributed by atoms with E-state index in [1.165, 1.54) is 31.0 Å². The zero-order chi connectivity index (χ0) is 17.1. The second kappa shape index (κ2) is 6.57. The van der Waals surface area contributed by atoms with Crippen LogP contribution in [0.1, 0.15) is 17.5 Å². The van der Waals surface area contributed by atoms with Crippen molar-refractivity contribution in [2.75, 3.05) is 18.7 Å². The molecule has 1 N–H and O–H groups in total. The third kappa shape index (κ3) is 3.01. The van der Waals surface area contributed by atoms with Gasteiger partial charge in [-0.15, -0.1) is 0 Å². The summed E-state index contributed by atoms with van der Waals surface area (Å²) in [5.41, 5.74) is 2.05. The molecule has 7 nitrogen and oxygen atoms in total. The van der Waals surface area contributed by atoms with E-state index in [2.05, 4.69) is 11.2 Å². The molecule has 1 aliphatic rings. The number of rotatable bonds is 4. The average molecular weight is 327 g/mol. The molecule has 0 amide bonds. The monoisotopic (exact) mass is 327 g/mol. The van der Waals surface area contributed by atoms with Crippen LogP contribution < -0.4 is 9.75 Å². The third-order valence-electron chi connectivity index (χ3n) is 3.95. The van der Waals surface area contributed by atoms with E-state index in [9.17, 15) is 15.2 Å². The number of aromatic hydroxyl groups is 1. The molecule has 0 bridgehead atoms. The van der Waals surface area contributed by atoms with Crippen molar-refractivity contribution < 1.29 is 14.8 Å². The zero-order valence-electron chi connectivity index (χ0n) is 13.2. The molecule has 0 aromatic heterocycles. The van der Waals surface area contributed by atoms with Crippen LogP contribution in [0.2, 0.25) is 0 Å². The van der Waals surface area contributed by atoms with Gasteiger partial charge in [0.15, 0.2) is 0 Å². The van der Waals surface area contributed by atoms with Gasteiger partial charge in [0.25, 0.3) is 0 Å². The Morgan fingerprint density at radius 1 is 1.38 bits per heavy atom. The number of hydrogen-bond acceptors (Lipinski definition) is 6. The molecule has 1 heterocycles. The fourth-order valence-corrected chi connectivity index (χ4v) is 2.74. The van der Waals surface area contributed by atoms with Crippen LogP contribution in [0.4, 0.5) is 11.4 Å². The first-order valence-electron chi connectivity index (χ1n) is 7.55. The smallest absolute Gasteiger partial charge is 0.315 e. The molecule has 3 rings (SSSR count). The largest absolute Gasteiger partial charge is 0.502 e. The molecular formula is C17H17N3O4. The lowest BCUT2D eigenvalue weighted by molar-refractivity contribution is -0.385. The number of aryl methyl sites for hydroxylation is 1. The van der Waals surface area contributed by atoms with E-state index in [4.69, 9.17) is 4.74 Å². The van der Waals surface area contributed by atoms with Gasteiger partial charge in [-0.25, -0.2) is 0 Å². The molecule has 0 fully saturated rings. The number of methoxy groups -OCH3 is 1. The molecule has 2 aromatic rings. The van der Waals surface area contributed by atoms with E-state index in [0.717, 1.165) is 25.1 Å². The lowest BCUT2D eigenvalue weighted by atomic mass is 10.0. The minimum Gasteiger partial charge on any atom is -0.502 e. The van der Waals surface area contributed by atoms with E-state index in [1.54, 1.807) is 0 Å². The number of phenols is 1. The van der Waals surface area contributed by atoms with Crippen LogP contribution in [-0.4, -0.2) is 29.9 Å². The van der Waals surface area contributed by atoms with Gasteiger partial charge in [-0.1, -0.05) is 18.2 Å². The van der Waals surface area contributed by atoms with Gasteiger partial charge in [-0.3, -0.25) is 15.1 Å². The van der Waals surface area contributed by atoms with Gasteiger partial charge in [-0.05, 0) is 30.5 Å². The summed E-state index contributed by atoms with van der Waals surface area (Å²) < 4.78 is 5.06. The molecular weight excluding hydrogens is 310 g/mol. The molecule has 0 saturated heterocycles. The highest BCUT2D eigenvalue weighted by atomic mass is 16.6. The number of nitro benzene ring substituents is 1. The number of benzene rings is 2. The normalized spacial score (nSPS) is 13.8. The Labute approximate surface area is 138 Å². The van der Waals surface area contributed by atoms with Crippen molar-refractivity contribution in [1.29, 1.82) is 0 Å². The van der Waals surface area contributed by atoms with Crippen LogP contribution in [0.3, 0.4) is 0 Å². The topological polar surface area (TPSA) is 88.2 Å². The minimum atomic E-state index is -0.647. The lowest BCUT2D eigenvalue weighted by Crippen LogP contribution is -2.24. The van der Waals surface area contributed by atoms with Gasteiger partial charge in [0.1, 0.15) is 5.75 Å². The van der Waals surface area contributed by atoms with E-state index >= 15 is 0 Å². The van der Waals surface area contributed by atoms with Crippen LogP contribution in [0.15, 0.2) is 41.5 Å². The predicted molar refractivity (Wildman–Crippen MR) is 91.0 cm³/mol. The number of hydrogen-bond donors (Lipinski definition) is 1. The Kier molecular flexibility index (Phi) is 4.33. The fraction of sp³-hybridized carbons (Fsp3) is 0.235. The molecule has 0 saturated carbocycles. The first kappa shape index (κ1) is 15.8. The van der Waals surface area contributed by atoms with Crippen LogP contribution in [-0.2, 0) is 6.42 Å². The number of ether oxygens (including phenoxy) is 1. The Morgan fingerprint density at radius 2 is 2.17 bits per heavy atom. The van der Waals surface area contributed by atoms with Gasteiger partial charge < -0.3 is 9.84 Å². The van der Waals surface area contributed by atoms with Crippen molar-refractivity contribution in [2.45, 2.75) is 12.8 Å². The van der Waals surface area contributed by atoms with Crippen molar-refractivity contribution in [3.63, 3.8) is 0 Å². The summed E-state index contributed by atoms with van der Waals surface area (Å²) in [4.78, 5) is 10.4. The highest BCUT2D eigenvalue weighted by Crippen LogP contribution is 2.34. The fourth-order valence-electron chi connectivity index (χ4n) is 2.74. The van der Waals surface area contributed by atoms with Crippen LogP contribution in [0.5, 0.6) is 11.5 Å². The van der Waals surface area contributed by atoms with E-state index < -0.39 is 16.4 Å². The summed E-state index contributed by atoms with van der Waals surface area (Å²) in [6.45, 7) is 0.750. The van der Waals surface area contributed by atoms with E-state index in [1.807, 2.05) is 23.2 Å². The number of anilines is 1. The second-order valence-electron chi connectivity index (χ2n) is 5.44. The summed E-state index contributed by atoms with van der Waals surface area (Å²) in [6, 6.07) is 10.7. The highest BCUT2D eigenvalue weighted by Gasteiger charge is 2.20. The van der Waals surface area contributed by atoms with Crippen LogP contribution >= 0.6 is 0 Å². The number of nitro groups is 1.